The molecule has 1 N–H and O–H groups in total. The Morgan fingerprint density at radius 3 is 2.56 bits per heavy atom. The molecule has 0 saturated heterocycles. The maximum atomic E-state index is 12.1. The van der Waals surface area contributed by atoms with Crippen LogP contribution in [0, 0.1) is 6.92 Å². The van der Waals surface area contributed by atoms with E-state index in [1.807, 2.05) is 13.8 Å². The van der Waals surface area contributed by atoms with Crippen molar-refractivity contribution in [1.82, 2.24) is 4.90 Å². The number of carbonyl (C=O) groups excluding carboxylic acids is 1. The fourth-order valence-corrected chi connectivity index (χ4v) is 1.71. The van der Waals surface area contributed by atoms with Gasteiger partial charge in [-0.1, -0.05) is 11.6 Å². The molecule has 0 saturated carbocycles. The molecule has 5 heteroatoms. The van der Waals surface area contributed by atoms with Gasteiger partial charge in [-0.25, -0.2) is 0 Å². The summed E-state index contributed by atoms with van der Waals surface area (Å²) in [5.41, 5.74) is 1.36. The van der Waals surface area contributed by atoms with Gasteiger partial charge in [-0.15, -0.1) is 0 Å². The van der Waals surface area contributed by atoms with Crippen LogP contribution in [0.4, 0.5) is 0 Å². The molecule has 0 fully saturated rings. The van der Waals surface area contributed by atoms with Crippen LogP contribution in [0.2, 0.25) is 5.02 Å². The highest BCUT2D eigenvalue weighted by atomic mass is 35.5. The van der Waals surface area contributed by atoms with Crippen LogP contribution in [0.1, 0.15) is 29.3 Å². The second kappa shape index (κ2) is 6.40. The first-order chi connectivity index (χ1) is 8.45. The number of amides is 1. The second-order valence-electron chi connectivity index (χ2n) is 3.99. The molecule has 1 amide bonds. The number of hydrogen-bond donors (Lipinski definition) is 1. The zero-order valence-corrected chi connectivity index (χ0v) is 11.2. The zero-order valence-electron chi connectivity index (χ0n) is 10.4. The zero-order chi connectivity index (χ0) is 13.7. The van der Waals surface area contributed by atoms with Crippen LogP contribution >= 0.6 is 11.6 Å². The largest absolute Gasteiger partial charge is 0.481 e. The lowest BCUT2D eigenvalue weighted by atomic mass is 10.1. The molecule has 1 rings (SSSR count). The van der Waals surface area contributed by atoms with E-state index in [0.29, 0.717) is 17.1 Å². The van der Waals surface area contributed by atoms with Gasteiger partial charge >= 0.3 is 5.97 Å². The molecule has 4 nitrogen and oxygen atoms in total. The van der Waals surface area contributed by atoms with Crippen LogP contribution in [0.15, 0.2) is 18.2 Å². The molecule has 0 aromatic heterocycles. The van der Waals surface area contributed by atoms with Crippen molar-refractivity contribution in [3.8, 4) is 0 Å². The minimum atomic E-state index is -0.909. The van der Waals surface area contributed by atoms with E-state index in [4.69, 9.17) is 16.7 Å². The average molecular weight is 270 g/mol. The van der Waals surface area contributed by atoms with Crippen molar-refractivity contribution >= 4 is 23.5 Å². The van der Waals surface area contributed by atoms with Gasteiger partial charge in [0.1, 0.15) is 0 Å². The number of nitrogens with zero attached hydrogens (tertiary/aromatic N) is 1. The number of carboxylic acid groups (broad SMARTS) is 1. The normalized spacial score (nSPS) is 10.2. The molecule has 0 bridgehead atoms. The Morgan fingerprint density at radius 1 is 1.39 bits per heavy atom. The number of aryl methyl sites for hydroxylation is 1. The number of halogens is 1. The molecule has 0 radical (unpaired) electrons. The van der Waals surface area contributed by atoms with E-state index in [0.717, 1.165) is 5.56 Å². The average Bonchev–Trinajstić information content (AvgIpc) is 2.32. The number of rotatable bonds is 5. The Labute approximate surface area is 111 Å². The fraction of sp³-hybridized carbons (Fsp3) is 0.385. The third kappa shape index (κ3) is 3.74. The Bertz CT molecular complexity index is 460. The van der Waals surface area contributed by atoms with Crippen LogP contribution in [-0.2, 0) is 4.79 Å². The molecule has 0 aliphatic rings. The van der Waals surface area contributed by atoms with Gasteiger partial charge in [-0.3, -0.25) is 9.59 Å². The van der Waals surface area contributed by atoms with Gasteiger partial charge in [0.05, 0.1) is 6.42 Å². The Morgan fingerprint density at radius 2 is 2.06 bits per heavy atom. The number of hydrogen-bond acceptors (Lipinski definition) is 2. The van der Waals surface area contributed by atoms with Crippen LogP contribution in [-0.4, -0.2) is 35.0 Å². The fourth-order valence-electron chi connectivity index (χ4n) is 1.59. The van der Waals surface area contributed by atoms with Gasteiger partial charge in [0.2, 0.25) is 0 Å². The van der Waals surface area contributed by atoms with Crippen LogP contribution in [0.5, 0.6) is 0 Å². The van der Waals surface area contributed by atoms with Crippen molar-refractivity contribution in [1.29, 1.82) is 0 Å². The lowest BCUT2D eigenvalue weighted by Crippen LogP contribution is -2.32. The third-order valence-corrected chi connectivity index (χ3v) is 3.09. The number of benzene rings is 1. The predicted molar refractivity (Wildman–Crippen MR) is 70.0 cm³/mol. The van der Waals surface area contributed by atoms with E-state index >= 15 is 0 Å². The van der Waals surface area contributed by atoms with Crippen molar-refractivity contribution < 1.29 is 14.7 Å². The molecular formula is C13H16ClNO3. The second-order valence-corrected chi connectivity index (χ2v) is 4.40. The molecule has 98 valence electrons. The quantitative estimate of drug-likeness (QED) is 0.894. The van der Waals surface area contributed by atoms with E-state index < -0.39 is 5.97 Å². The topological polar surface area (TPSA) is 57.6 Å². The van der Waals surface area contributed by atoms with E-state index in [1.165, 1.54) is 4.90 Å². The van der Waals surface area contributed by atoms with E-state index in [9.17, 15) is 9.59 Å². The predicted octanol–water partition coefficient (Wildman–Crippen LogP) is 2.59. The first-order valence-electron chi connectivity index (χ1n) is 5.73. The number of carboxylic acids is 1. The van der Waals surface area contributed by atoms with Gasteiger partial charge in [-0.05, 0) is 37.6 Å². The summed E-state index contributed by atoms with van der Waals surface area (Å²) in [5, 5.41) is 9.25. The lowest BCUT2D eigenvalue weighted by Gasteiger charge is -2.20. The molecule has 1 aromatic carbocycles. The Kier molecular flexibility index (Phi) is 5.16. The summed E-state index contributed by atoms with van der Waals surface area (Å²) in [6, 6.07) is 5.05. The van der Waals surface area contributed by atoms with E-state index in [1.54, 1.807) is 18.2 Å². The third-order valence-electron chi connectivity index (χ3n) is 2.67. The Balaban J connectivity index is 2.82. The van der Waals surface area contributed by atoms with Crippen molar-refractivity contribution in [3.63, 3.8) is 0 Å². The van der Waals surface area contributed by atoms with E-state index in [2.05, 4.69) is 0 Å². The summed E-state index contributed by atoms with van der Waals surface area (Å²) in [6.07, 6.45) is -0.0495. The van der Waals surface area contributed by atoms with Gasteiger partial charge in [-0.2, -0.15) is 0 Å². The first kappa shape index (κ1) is 14.5. The molecular weight excluding hydrogens is 254 g/mol. The molecule has 0 heterocycles. The van der Waals surface area contributed by atoms with Crippen LogP contribution in [0.3, 0.4) is 0 Å². The van der Waals surface area contributed by atoms with Crippen molar-refractivity contribution in [2.24, 2.45) is 0 Å². The van der Waals surface area contributed by atoms with Crippen molar-refractivity contribution in [2.75, 3.05) is 13.1 Å². The molecule has 1 aromatic rings. The van der Waals surface area contributed by atoms with Crippen LogP contribution < -0.4 is 0 Å². The molecule has 18 heavy (non-hydrogen) atoms. The van der Waals surface area contributed by atoms with Gasteiger partial charge in [0.25, 0.3) is 5.91 Å². The smallest absolute Gasteiger partial charge is 0.305 e. The summed E-state index contributed by atoms with van der Waals surface area (Å²) in [4.78, 5) is 24.2. The van der Waals surface area contributed by atoms with Gasteiger partial charge in [0.15, 0.2) is 0 Å². The first-order valence-corrected chi connectivity index (χ1v) is 6.10. The summed E-state index contributed by atoms with van der Waals surface area (Å²) in [7, 11) is 0. The maximum absolute atomic E-state index is 12.1. The summed E-state index contributed by atoms with van der Waals surface area (Å²) in [5.74, 6) is -1.08. The molecule has 0 unspecified atom stereocenters. The number of aliphatic carboxylic acids is 1. The van der Waals surface area contributed by atoms with Crippen molar-refractivity contribution in [2.45, 2.75) is 20.3 Å². The summed E-state index contributed by atoms with van der Waals surface area (Å²) in [6.45, 7) is 4.34. The molecule has 0 spiro atoms. The van der Waals surface area contributed by atoms with E-state index in [-0.39, 0.29) is 18.9 Å². The van der Waals surface area contributed by atoms with Gasteiger partial charge < -0.3 is 10.0 Å². The summed E-state index contributed by atoms with van der Waals surface area (Å²) >= 11 is 5.90. The molecule has 0 aliphatic heterocycles. The molecule has 0 aliphatic carbocycles. The highest BCUT2D eigenvalue weighted by Gasteiger charge is 2.15. The minimum absolute atomic E-state index is 0.0495. The van der Waals surface area contributed by atoms with Gasteiger partial charge in [0, 0.05) is 23.7 Å². The monoisotopic (exact) mass is 269 g/mol. The minimum Gasteiger partial charge on any atom is -0.481 e. The van der Waals surface area contributed by atoms with Crippen LogP contribution in [0.25, 0.3) is 0 Å². The van der Waals surface area contributed by atoms with Crippen molar-refractivity contribution in [3.05, 3.63) is 34.3 Å². The maximum Gasteiger partial charge on any atom is 0.305 e. The standard InChI is InChI=1S/C13H16ClNO3/c1-3-15(7-6-12(16)17)13(18)10-4-5-11(14)9(2)8-10/h4-5,8H,3,6-7H2,1-2H3,(H,16,17). The highest BCUT2D eigenvalue weighted by Crippen LogP contribution is 2.17. The summed E-state index contributed by atoms with van der Waals surface area (Å²) < 4.78 is 0. The highest BCUT2D eigenvalue weighted by molar-refractivity contribution is 6.31. The SMILES string of the molecule is CCN(CCC(=O)O)C(=O)c1ccc(Cl)c(C)c1. The number of carbonyl (C=O) groups is 2. The lowest BCUT2D eigenvalue weighted by molar-refractivity contribution is -0.137. The molecule has 0 atom stereocenters. The Hall–Kier alpha value is -1.55.